The number of hydrogen-bond acceptors (Lipinski definition) is 2. The van der Waals surface area contributed by atoms with Crippen molar-refractivity contribution in [3.05, 3.63) is 21.9 Å². The Balaban J connectivity index is 2.19. The molecule has 1 heterocycles. The smallest absolute Gasteiger partial charge is 0.230 e. The van der Waals surface area contributed by atoms with E-state index in [0.29, 0.717) is 12.4 Å². The van der Waals surface area contributed by atoms with Crippen LogP contribution in [0.15, 0.2) is 11.4 Å². The van der Waals surface area contributed by atoms with E-state index in [-0.39, 0.29) is 17.9 Å². The predicted octanol–water partition coefficient (Wildman–Crippen LogP) is 3.64. The standard InChI is InChI=1S/C14H20ClNOS/c1-10(2)16(8-7-15)14(17)12-4-3-5-13-11(12)6-9-18-13/h6,9-10,12H,3-5,7-8H2,1-2H3. The lowest BCUT2D eigenvalue weighted by molar-refractivity contribution is -0.134. The second-order valence-corrected chi connectivity index (χ2v) is 6.44. The third-order valence-electron chi connectivity index (χ3n) is 3.58. The van der Waals surface area contributed by atoms with Crippen molar-refractivity contribution in [1.29, 1.82) is 0 Å². The maximum absolute atomic E-state index is 12.7. The maximum atomic E-state index is 12.7. The Morgan fingerprint density at radius 2 is 2.39 bits per heavy atom. The Morgan fingerprint density at radius 1 is 1.61 bits per heavy atom. The number of nitrogens with zero attached hydrogens (tertiary/aromatic N) is 1. The number of carbonyl (C=O) groups is 1. The summed E-state index contributed by atoms with van der Waals surface area (Å²) in [6, 6.07) is 2.35. The zero-order valence-corrected chi connectivity index (χ0v) is 12.6. The van der Waals surface area contributed by atoms with Crippen molar-refractivity contribution in [2.24, 2.45) is 0 Å². The van der Waals surface area contributed by atoms with Crippen molar-refractivity contribution >= 4 is 28.8 Å². The fraction of sp³-hybridized carbons (Fsp3) is 0.643. The summed E-state index contributed by atoms with van der Waals surface area (Å²) in [4.78, 5) is 16.0. The van der Waals surface area contributed by atoms with E-state index in [0.717, 1.165) is 19.3 Å². The van der Waals surface area contributed by atoms with Crippen LogP contribution in [-0.2, 0) is 11.2 Å². The van der Waals surface area contributed by atoms with Crippen LogP contribution in [0, 0.1) is 0 Å². The molecular weight excluding hydrogens is 266 g/mol. The molecule has 0 aliphatic heterocycles. The van der Waals surface area contributed by atoms with Crippen molar-refractivity contribution in [3.8, 4) is 0 Å². The molecule has 18 heavy (non-hydrogen) atoms. The van der Waals surface area contributed by atoms with Crippen LogP contribution in [0.4, 0.5) is 0 Å². The molecule has 0 spiro atoms. The average Bonchev–Trinajstić information content (AvgIpc) is 2.82. The Bertz CT molecular complexity index is 416. The van der Waals surface area contributed by atoms with E-state index in [1.165, 1.54) is 10.4 Å². The fourth-order valence-corrected chi connectivity index (χ4v) is 3.83. The minimum Gasteiger partial charge on any atom is -0.339 e. The van der Waals surface area contributed by atoms with Crippen LogP contribution in [0.1, 0.15) is 43.0 Å². The zero-order valence-electron chi connectivity index (χ0n) is 11.0. The number of thiophene rings is 1. The van der Waals surface area contributed by atoms with Gasteiger partial charge in [0.15, 0.2) is 0 Å². The third kappa shape index (κ3) is 2.72. The van der Waals surface area contributed by atoms with Crippen LogP contribution < -0.4 is 0 Å². The number of aryl methyl sites for hydroxylation is 1. The Kier molecular flexibility index (Phi) is 4.68. The van der Waals surface area contributed by atoms with Gasteiger partial charge in [-0.3, -0.25) is 4.79 Å². The number of hydrogen-bond donors (Lipinski definition) is 0. The molecule has 0 aromatic carbocycles. The van der Waals surface area contributed by atoms with Gasteiger partial charge in [0.25, 0.3) is 0 Å². The van der Waals surface area contributed by atoms with Crippen molar-refractivity contribution in [2.75, 3.05) is 12.4 Å². The molecule has 0 saturated carbocycles. The van der Waals surface area contributed by atoms with Crippen LogP contribution in [0.3, 0.4) is 0 Å². The first-order valence-electron chi connectivity index (χ1n) is 6.58. The lowest BCUT2D eigenvalue weighted by Gasteiger charge is -2.32. The summed E-state index contributed by atoms with van der Waals surface area (Å²) in [6.45, 7) is 4.76. The summed E-state index contributed by atoms with van der Waals surface area (Å²) < 4.78 is 0. The van der Waals surface area contributed by atoms with Gasteiger partial charge in [-0.1, -0.05) is 0 Å². The maximum Gasteiger partial charge on any atom is 0.230 e. The summed E-state index contributed by atoms with van der Waals surface area (Å²) in [7, 11) is 0. The van der Waals surface area contributed by atoms with E-state index in [1.807, 2.05) is 4.90 Å². The first-order valence-corrected chi connectivity index (χ1v) is 7.99. The van der Waals surface area contributed by atoms with Gasteiger partial charge in [-0.2, -0.15) is 0 Å². The first-order chi connectivity index (χ1) is 8.65. The molecular formula is C14H20ClNOS. The molecule has 0 bridgehead atoms. The highest BCUT2D eigenvalue weighted by Crippen LogP contribution is 2.36. The summed E-state index contributed by atoms with van der Waals surface area (Å²) in [5.74, 6) is 0.822. The van der Waals surface area contributed by atoms with E-state index in [1.54, 1.807) is 11.3 Å². The summed E-state index contributed by atoms with van der Waals surface area (Å²) in [5.41, 5.74) is 1.26. The van der Waals surface area contributed by atoms with Gasteiger partial charge < -0.3 is 4.90 Å². The van der Waals surface area contributed by atoms with Gasteiger partial charge in [0.1, 0.15) is 0 Å². The highest BCUT2D eigenvalue weighted by atomic mass is 35.5. The highest BCUT2D eigenvalue weighted by Gasteiger charge is 2.31. The van der Waals surface area contributed by atoms with Crippen molar-refractivity contribution in [1.82, 2.24) is 4.90 Å². The van der Waals surface area contributed by atoms with Crippen molar-refractivity contribution in [3.63, 3.8) is 0 Å². The van der Waals surface area contributed by atoms with Crippen LogP contribution in [0.5, 0.6) is 0 Å². The second kappa shape index (κ2) is 6.07. The molecule has 1 unspecified atom stereocenters. The van der Waals surface area contributed by atoms with Gasteiger partial charge in [-0.15, -0.1) is 22.9 Å². The average molecular weight is 286 g/mol. The van der Waals surface area contributed by atoms with Gasteiger partial charge in [0.2, 0.25) is 5.91 Å². The summed E-state index contributed by atoms with van der Waals surface area (Å²) in [5, 5.41) is 2.11. The number of carbonyl (C=O) groups excluding carboxylic acids is 1. The van der Waals surface area contributed by atoms with Gasteiger partial charge >= 0.3 is 0 Å². The Labute approximate surface area is 118 Å². The van der Waals surface area contributed by atoms with Crippen LogP contribution in [-0.4, -0.2) is 29.3 Å². The number of fused-ring (bicyclic) bond motifs is 1. The highest BCUT2D eigenvalue weighted by molar-refractivity contribution is 7.10. The molecule has 1 atom stereocenters. The van der Waals surface area contributed by atoms with E-state index in [4.69, 9.17) is 11.6 Å². The molecule has 1 aliphatic rings. The minimum atomic E-state index is 0.0608. The summed E-state index contributed by atoms with van der Waals surface area (Å²) in [6.07, 6.45) is 3.23. The topological polar surface area (TPSA) is 20.3 Å². The van der Waals surface area contributed by atoms with Gasteiger partial charge in [-0.05, 0) is 50.1 Å². The molecule has 2 rings (SSSR count). The number of halogens is 1. The van der Waals surface area contributed by atoms with Gasteiger partial charge in [0.05, 0.1) is 5.92 Å². The SMILES string of the molecule is CC(C)N(CCCl)C(=O)C1CCCc2sccc21. The molecule has 1 aromatic heterocycles. The molecule has 4 heteroatoms. The molecule has 1 aromatic rings. The van der Waals surface area contributed by atoms with Crippen LogP contribution in [0.2, 0.25) is 0 Å². The van der Waals surface area contributed by atoms with Crippen LogP contribution in [0.25, 0.3) is 0 Å². The largest absolute Gasteiger partial charge is 0.339 e. The Hall–Kier alpha value is -0.540. The Morgan fingerprint density at radius 3 is 3.06 bits per heavy atom. The van der Waals surface area contributed by atoms with Gasteiger partial charge in [-0.25, -0.2) is 0 Å². The zero-order chi connectivity index (χ0) is 13.1. The number of amides is 1. The third-order valence-corrected chi connectivity index (χ3v) is 4.75. The molecule has 1 amide bonds. The normalized spacial score (nSPS) is 18.8. The van der Waals surface area contributed by atoms with E-state index in [2.05, 4.69) is 25.3 Å². The first kappa shape index (κ1) is 13.9. The molecule has 0 fully saturated rings. The summed E-state index contributed by atoms with van der Waals surface area (Å²) >= 11 is 7.59. The predicted molar refractivity (Wildman–Crippen MR) is 77.6 cm³/mol. The number of alkyl halides is 1. The van der Waals surface area contributed by atoms with Crippen LogP contribution >= 0.6 is 22.9 Å². The molecule has 100 valence electrons. The van der Waals surface area contributed by atoms with Crippen molar-refractivity contribution in [2.45, 2.75) is 45.1 Å². The number of rotatable bonds is 4. The molecule has 2 nitrogen and oxygen atoms in total. The lowest BCUT2D eigenvalue weighted by atomic mass is 9.86. The minimum absolute atomic E-state index is 0.0608. The van der Waals surface area contributed by atoms with Gasteiger partial charge in [0, 0.05) is 23.3 Å². The molecule has 1 aliphatic carbocycles. The van der Waals surface area contributed by atoms with E-state index in [9.17, 15) is 4.79 Å². The molecule has 0 radical (unpaired) electrons. The second-order valence-electron chi connectivity index (χ2n) is 5.06. The lowest BCUT2D eigenvalue weighted by Crippen LogP contribution is -2.41. The quantitative estimate of drug-likeness (QED) is 0.774. The molecule has 0 N–H and O–H groups in total. The fourth-order valence-electron chi connectivity index (χ4n) is 2.66. The van der Waals surface area contributed by atoms with Crippen molar-refractivity contribution < 1.29 is 4.79 Å². The monoisotopic (exact) mass is 285 g/mol. The van der Waals surface area contributed by atoms with E-state index < -0.39 is 0 Å². The molecule has 0 saturated heterocycles. The van der Waals surface area contributed by atoms with E-state index >= 15 is 0 Å².